The van der Waals surface area contributed by atoms with Crippen molar-refractivity contribution in [2.24, 2.45) is 5.73 Å². The Kier molecular flexibility index (Phi) is 4.68. The first-order chi connectivity index (χ1) is 8.66. The molecule has 0 amide bonds. The maximum atomic E-state index is 6.16. The van der Waals surface area contributed by atoms with Gasteiger partial charge in [0.1, 0.15) is 0 Å². The van der Waals surface area contributed by atoms with Crippen LogP contribution in [0.15, 0.2) is 0 Å². The molecule has 0 saturated carbocycles. The highest BCUT2D eigenvalue weighted by atomic mass is 15.3. The summed E-state index contributed by atoms with van der Waals surface area (Å²) in [5, 5.41) is 0. The fraction of sp³-hybridized carbons (Fsp3) is 1.00. The van der Waals surface area contributed by atoms with Crippen molar-refractivity contribution in [3.8, 4) is 0 Å². The van der Waals surface area contributed by atoms with Gasteiger partial charge in [-0.25, -0.2) is 0 Å². The van der Waals surface area contributed by atoms with Crippen molar-refractivity contribution in [3.05, 3.63) is 0 Å². The average molecular weight is 253 g/mol. The van der Waals surface area contributed by atoms with Crippen molar-refractivity contribution in [1.29, 1.82) is 0 Å². The number of nitrogens with zero attached hydrogens (tertiary/aromatic N) is 2. The lowest BCUT2D eigenvalue weighted by Crippen LogP contribution is -2.56. The molecule has 0 aromatic rings. The summed E-state index contributed by atoms with van der Waals surface area (Å²) in [6, 6.07) is 1.60. The Hall–Kier alpha value is -0.120. The Balaban J connectivity index is 2.11. The van der Waals surface area contributed by atoms with Crippen molar-refractivity contribution < 1.29 is 0 Å². The van der Waals surface area contributed by atoms with Gasteiger partial charge in [0.15, 0.2) is 0 Å². The Morgan fingerprint density at radius 2 is 1.89 bits per heavy atom. The molecule has 2 rings (SSSR count). The Labute approximate surface area is 113 Å². The van der Waals surface area contributed by atoms with Gasteiger partial charge < -0.3 is 5.73 Å². The van der Waals surface area contributed by atoms with Gasteiger partial charge in [0.2, 0.25) is 0 Å². The van der Waals surface area contributed by atoms with E-state index in [4.69, 9.17) is 5.73 Å². The monoisotopic (exact) mass is 253 g/mol. The molecule has 0 aromatic heterocycles. The fourth-order valence-corrected chi connectivity index (χ4v) is 4.14. The van der Waals surface area contributed by atoms with Crippen LogP contribution in [-0.4, -0.2) is 54.1 Å². The predicted octanol–water partition coefficient (Wildman–Crippen LogP) is 2.06. The van der Waals surface area contributed by atoms with E-state index >= 15 is 0 Å². The van der Waals surface area contributed by atoms with Crippen LogP contribution in [0.25, 0.3) is 0 Å². The molecule has 2 saturated heterocycles. The highest BCUT2D eigenvalue weighted by Gasteiger charge is 2.40. The van der Waals surface area contributed by atoms with Gasteiger partial charge in [-0.15, -0.1) is 0 Å². The molecule has 2 bridgehead atoms. The van der Waals surface area contributed by atoms with Crippen LogP contribution in [0.3, 0.4) is 0 Å². The van der Waals surface area contributed by atoms with Gasteiger partial charge in [0.05, 0.1) is 0 Å². The first kappa shape index (κ1) is 14.3. The van der Waals surface area contributed by atoms with Gasteiger partial charge >= 0.3 is 0 Å². The SMILES string of the molecule is CCCC(CC)(CN)N1CCC2CCC(C1)N2C. The van der Waals surface area contributed by atoms with E-state index in [2.05, 4.69) is 30.7 Å². The molecule has 2 N–H and O–H groups in total. The lowest BCUT2D eigenvalue weighted by Gasteiger charge is -2.44. The number of nitrogens with two attached hydrogens (primary N) is 1. The van der Waals surface area contributed by atoms with E-state index in [1.165, 1.54) is 51.6 Å². The number of hydrogen-bond donors (Lipinski definition) is 1. The highest BCUT2D eigenvalue weighted by Crippen LogP contribution is 2.33. The molecule has 3 heteroatoms. The van der Waals surface area contributed by atoms with Gasteiger partial charge in [-0.2, -0.15) is 0 Å². The second-order valence-corrected chi connectivity index (χ2v) is 6.32. The van der Waals surface area contributed by atoms with Crippen molar-refractivity contribution in [3.63, 3.8) is 0 Å². The number of hydrogen-bond acceptors (Lipinski definition) is 3. The van der Waals surface area contributed by atoms with E-state index in [1.54, 1.807) is 0 Å². The summed E-state index contributed by atoms with van der Waals surface area (Å²) < 4.78 is 0. The zero-order chi connectivity index (χ0) is 13.2. The van der Waals surface area contributed by atoms with Crippen LogP contribution in [-0.2, 0) is 0 Å². The van der Waals surface area contributed by atoms with Crippen LogP contribution < -0.4 is 5.73 Å². The van der Waals surface area contributed by atoms with Gasteiger partial charge in [-0.1, -0.05) is 20.3 Å². The molecule has 3 atom stereocenters. The number of likely N-dealkylation sites (tertiary alicyclic amines) is 1. The minimum absolute atomic E-state index is 0.264. The third-order valence-corrected chi connectivity index (χ3v) is 5.57. The summed E-state index contributed by atoms with van der Waals surface area (Å²) in [5.41, 5.74) is 6.43. The molecule has 106 valence electrons. The van der Waals surface area contributed by atoms with Crippen molar-refractivity contribution in [1.82, 2.24) is 9.80 Å². The Morgan fingerprint density at radius 1 is 1.17 bits per heavy atom. The van der Waals surface area contributed by atoms with Crippen molar-refractivity contribution in [2.75, 3.05) is 26.7 Å². The molecule has 2 heterocycles. The van der Waals surface area contributed by atoms with Gasteiger partial charge in [-0.05, 0) is 39.2 Å². The fourth-order valence-electron chi connectivity index (χ4n) is 4.14. The molecule has 3 nitrogen and oxygen atoms in total. The molecule has 0 aromatic carbocycles. The topological polar surface area (TPSA) is 32.5 Å². The van der Waals surface area contributed by atoms with E-state index in [9.17, 15) is 0 Å². The van der Waals surface area contributed by atoms with E-state index < -0.39 is 0 Å². The van der Waals surface area contributed by atoms with Crippen LogP contribution in [0.1, 0.15) is 52.4 Å². The van der Waals surface area contributed by atoms with Crippen LogP contribution >= 0.6 is 0 Å². The molecule has 3 unspecified atom stereocenters. The second kappa shape index (κ2) is 5.89. The highest BCUT2D eigenvalue weighted by molar-refractivity contribution is 4.98. The van der Waals surface area contributed by atoms with Crippen molar-refractivity contribution in [2.45, 2.75) is 70.0 Å². The standard InChI is InChI=1S/C15H31N3/c1-4-9-15(5-2,12-16)18-10-8-13-6-7-14(11-18)17(13)3/h13-14H,4-12,16H2,1-3H3. The van der Waals surface area contributed by atoms with E-state index in [-0.39, 0.29) is 5.54 Å². The first-order valence-corrected chi connectivity index (χ1v) is 7.84. The van der Waals surface area contributed by atoms with Gasteiger partial charge in [0.25, 0.3) is 0 Å². The number of likely N-dealkylation sites (N-methyl/N-ethyl adjacent to an activating group) is 1. The normalized spacial score (nSPS) is 33.3. The third-order valence-electron chi connectivity index (χ3n) is 5.57. The quantitative estimate of drug-likeness (QED) is 0.814. The number of rotatable bonds is 5. The molecule has 2 aliphatic heterocycles. The van der Waals surface area contributed by atoms with Crippen molar-refractivity contribution >= 4 is 0 Å². The molecule has 18 heavy (non-hydrogen) atoms. The minimum atomic E-state index is 0.264. The second-order valence-electron chi connectivity index (χ2n) is 6.32. The predicted molar refractivity (Wildman–Crippen MR) is 77.7 cm³/mol. The molecule has 0 radical (unpaired) electrons. The van der Waals surface area contributed by atoms with Crippen LogP contribution in [0.5, 0.6) is 0 Å². The zero-order valence-electron chi connectivity index (χ0n) is 12.5. The Bertz CT molecular complexity index is 262. The molecule has 0 spiro atoms. The summed E-state index contributed by atoms with van der Waals surface area (Å²) in [7, 11) is 2.32. The zero-order valence-corrected chi connectivity index (χ0v) is 12.5. The van der Waals surface area contributed by atoms with E-state index in [0.717, 1.165) is 18.6 Å². The number of fused-ring (bicyclic) bond motifs is 2. The summed E-state index contributed by atoms with van der Waals surface area (Å²) in [6.07, 6.45) is 7.81. The lowest BCUT2D eigenvalue weighted by molar-refractivity contribution is 0.0696. The van der Waals surface area contributed by atoms with Gasteiger partial charge in [-0.3, -0.25) is 9.80 Å². The smallest absolute Gasteiger partial charge is 0.0329 e. The summed E-state index contributed by atoms with van der Waals surface area (Å²) in [4.78, 5) is 5.36. The van der Waals surface area contributed by atoms with Crippen LogP contribution in [0.2, 0.25) is 0 Å². The minimum Gasteiger partial charge on any atom is -0.329 e. The summed E-state index contributed by atoms with van der Waals surface area (Å²) in [6.45, 7) is 7.90. The first-order valence-electron chi connectivity index (χ1n) is 7.84. The molecular formula is C15H31N3. The average Bonchev–Trinajstić information content (AvgIpc) is 2.61. The van der Waals surface area contributed by atoms with Gasteiger partial charge in [0, 0.05) is 37.3 Å². The van der Waals surface area contributed by atoms with E-state index in [0.29, 0.717) is 0 Å². The molecular weight excluding hydrogens is 222 g/mol. The Morgan fingerprint density at radius 3 is 2.50 bits per heavy atom. The molecule has 0 aliphatic carbocycles. The summed E-state index contributed by atoms with van der Waals surface area (Å²) in [5.74, 6) is 0. The van der Waals surface area contributed by atoms with Crippen LogP contribution in [0, 0.1) is 0 Å². The molecule has 2 fully saturated rings. The van der Waals surface area contributed by atoms with Crippen LogP contribution in [0.4, 0.5) is 0 Å². The molecule has 2 aliphatic rings. The lowest BCUT2D eigenvalue weighted by atomic mass is 9.87. The summed E-state index contributed by atoms with van der Waals surface area (Å²) >= 11 is 0. The third kappa shape index (κ3) is 2.45. The largest absolute Gasteiger partial charge is 0.329 e. The van der Waals surface area contributed by atoms with E-state index in [1.807, 2.05) is 0 Å². The maximum absolute atomic E-state index is 6.16. The maximum Gasteiger partial charge on any atom is 0.0329 e.